The van der Waals surface area contributed by atoms with Crippen LogP contribution in [-0.2, 0) is 17.8 Å². The standard InChI is InChI=1S/C27H31N3O4/c1-15-10-16(2)26(17(3)11-15)30(18(4)19(5)31)25-14-22-21-13-24(34-7)23(33-6)12-20(21)8-9-29(22)27(32)28-25/h10-14,18H,8-9H2,1-7H3. The van der Waals surface area contributed by atoms with E-state index in [0.717, 1.165) is 39.2 Å². The van der Waals surface area contributed by atoms with Gasteiger partial charge in [0.25, 0.3) is 0 Å². The molecule has 0 radical (unpaired) electrons. The minimum Gasteiger partial charge on any atom is -0.493 e. The molecular weight excluding hydrogens is 430 g/mol. The van der Waals surface area contributed by atoms with Gasteiger partial charge >= 0.3 is 5.69 Å². The SMILES string of the molecule is COc1cc2c(cc1OC)-c1cc(N(c3c(C)cc(C)cc3C)C(C)C(C)=O)nc(=O)n1CC2. The van der Waals surface area contributed by atoms with Crippen LogP contribution in [0.1, 0.15) is 36.1 Å². The van der Waals surface area contributed by atoms with Crippen LogP contribution >= 0.6 is 0 Å². The number of rotatable bonds is 6. The molecule has 0 saturated carbocycles. The van der Waals surface area contributed by atoms with Crippen LogP contribution < -0.4 is 20.1 Å². The lowest BCUT2D eigenvalue weighted by Gasteiger charge is -2.33. The first-order chi connectivity index (χ1) is 16.2. The number of ketones is 1. The molecule has 2 heterocycles. The molecule has 1 atom stereocenters. The number of fused-ring (bicyclic) bond motifs is 3. The lowest BCUT2D eigenvalue weighted by Crippen LogP contribution is -2.38. The molecule has 1 unspecified atom stereocenters. The zero-order chi connectivity index (χ0) is 24.7. The van der Waals surface area contributed by atoms with Crippen molar-refractivity contribution < 1.29 is 14.3 Å². The third kappa shape index (κ3) is 3.95. The fourth-order valence-electron chi connectivity index (χ4n) is 4.90. The Morgan fingerprint density at radius 3 is 2.24 bits per heavy atom. The molecule has 0 fully saturated rings. The number of aryl methyl sites for hydroxylation is 4. The zero-order valence-electron chi connectivity index (χ0n) is 20.9. The summed E-state index contributed by atoms with van der Waals surface area (Å²) in [6.45, 7) is 10.0. The first-order valence-electron chi connectivity index (χ1n) is 11.4. The average Bonchev–Trinajstić information content (AvgIpc) is 2.79. The van der Waals surface area contributed by atoms with Crippen LogP contribution in [-0.4, -0.2) is 35.6 Å². The lowest BCUT2D eigenvalue weighted by atomic mass is 9.96. The van der Waals surface area contributed by atoms with Gasteiger partial charge in [0.15, 0.2) is 17.3 Å². The van der Waals surface area contributed by atoms with E-state index in [0.29, 0.717) is 30.3 Å². The first kappa shape index (κ1) is 23.5. The second-order valence-electron chi connectivity index (χ2n) is 8.95. The molecule has 34 heavy (non-hydrogen) atoms. The molecule has 4 rings (SSSR count). The van der Waals surface area contributed by atoms with E-state index in [1.54, 1.807) is 25.7 Å². The monoisotopic (exact) mass is 461 g/mol. The number of methoxy groups -OCH3 is 2. The van der Waals surface area contributed by atoms with Gasteiger partial charge in [0.2, 0.25) is 0 Å². The number of carbonyl (C=O) groups is 1. The van der Waals surface area contributed by atoms with Crippen molar-refractivity contribution in [2.75, 3.05) is 19.1 Å². The molecule has 7 heteroatoms. The van der Waals surface area contributed by atoms with Crippen molar-refractivity contribution in [1.82, 2.24) is 9.55 Å². The Labute approximate surface area is 200 Å². The highest BCUT2D eigenvalue weighted by Gasteiger charge is 2.28. The van der Waals surface area contributed by atoms with Crippen LogP contribution in [0.2, 0.25) is 0 Å². The number of hydrogen-bond acceptors (Lipinski definition) is 6. The predicted octanol–water partition coefficient (Wildman–Crippen LogP) is 4.52. The Morgan fingerprint density at radius 1 is 1.03 bits per heavy atom. The van der Waals surface area contributed by atoms with E-state index >= 15 is 0 Å². The van der Waals surface area contributed by atoms with Gasteiger partial charge in [-0.3, -0.25) is 9.36 Å². The van der Waals surface area contributed by atoms with Gasteiger partial charge in [0.1, 0.15) is 5.82 Å². The molecule has 3 aromatic rings. The number of ether oxygens (including phenoxy) is 2. The molecular formula is C27H31N3O4. The number of hydrogen-bond donors (Lipinski definition) is 0. The quantitative estimate of drug-likeness (QED) is 0.537. The Kier molecular flexibility index (Phi) is 6.21. The Bertz CT molecular complexity index is 1320. The molecule has 7 nitrogen and oxygen atoms in total. The van der Waals surface area contributed by atoms with E-state index in [4.69, 9.17) is 9.47 Å². The number of anilines is 2. The van der Waals surface area contributed by atoms with Crippen LogP contribution in [0.25, 0.3) is 11.3 Å². The third-order valence-electron chi connectivity index (χ3n) is 6.59. The highest BCUT2D eigenvalue weighted by molar-refractivity contribution is 5.88. The largest absolute Gasteiger partial charge is 0.493 e. The van der Waals surface area contributed by atoms with Crippen molar-refractivity contribution in [3.8, 4) is 22.8 Å². The second kappa shape index (κ2) is 8.97. The topological polar surface area (TPSA) is 73.7 Å². The van der Waals surface area contributed by atoms with Crippen LogP contribution in [0.15, 0.2) is 35.1 Å². The number of benzene rings is 2. The van der Waals surface area contributed by atoms with Crippen molar-refractivity contribution in [3.05, 3.63) is 63.1 Å². The maximum Gasteiger partial charge on any atom is 0.350 e. The van der Waals surface area contributed by atoms with Gasteiger partial charge in [0, 0.05) is 23.9 Å². The maximum absolute atomic E-state index is 13.2. The fourth-order valence-corrected chi connectivity index (χ4v) is 4.90. The third-order valence-corrected chi connectivity index (χ3v) is 6.59. The molecule has 1 aliphatic heterocycles. The van der Waals surface area contributed by atoms with Crippen LogP contribution in [0, 0.1) is 20.8 Å². The molecule has 178 valence electrons. The normalized spacial score (nSPS) is 13.0. The van der Waals surface area contributed by atoms with Crippen LogP contribution in [0.3, 0.4) is 0 Å². The maximum atomic E-state index is 13.2. The van der Waals surface area contributed by atoms with Crippen LogP contribution in [0.4, 0.5) is 11.5 Å². The summed E-state index contributed by atoms with van der Waals surface area (Å²) in [4.78, 5) is 32.1. The number of nitrogens with zero attached hydrogens (tertiary/aromatic N) is 3. The molecule has 0 N–H and O–H groups in total. The van der Waals surface area contributed by atoms with Crippen molar-refractivity contribution in [3.63, 3.8) is 0 Å². The molecule has 0 saturated heterocycles. The van der Waals surface area contributed by atoms with Gasteiger partial charge in [-0.15, -0.1) is 0 Å². The summed E-state index contributed by atoms with van der Waals surface area (Å²) in [6.07, 6.45) is 0.688. The van der Waals surface area contributed by atoms with E-state index in [2.05, 4.69) is 17.1 Å². The highest BCUT2D eigenvalue weighted by atomic mass is 16.5. The van der Waals surface area contributed by atoms with Gasteiger partial charge in [-0.05, 0) is 69.9 Å². The molecule has 1 aliphatic rings. The number of carbonyl (C=O) groups excluding carboxylic acids is 1. The number of aromatic nitrogens is 2. The Balaban J connectivity index is 1.98. The van der Waals surface area contributed by atoms with E-state index in [1.165, 1.54) is 0 Å². The Hall–Kier alpha value is -3.61. The van der Waals surface area contributed by atoms with Crippen molar-refractivity contribution in [2.45, 2.75) is 53.6 Å². The van der Waals surface area contributed by atoms with Crippen molar-refractivity contribution in [1.29, 1.82) is 0 Å². The summed E-state index contributed by atoms with van der Waals surface area (Å²) in [6, 6.07) is 9.45. The van der Waals surface area contributed by atoms with E-state index in [-0.39, 0.29) is 11.5 Å². The summed E-state index contributed by atoms with van der Waals surface area (Å²) < 4.78 is 12.7. The molecule has 0 bridgehead atoms. The zero-order valence-corrected chi connectivity index (χ0v) is 20.9. The van der Waals surface area contributed by atoms with Gasteiger partial charge in [-0.25, -0.2) is 4.79 Å². The van der Waals surface area contributed by atoms with E-state index < -0.39 is 6.04 Å². The van der Waals surface area contributed by atoms with Crippen molar-refractivity contribution >= 4 is 17.3 Å². The highest BCUT2D eigenvalue weighted by Crippen LogP contribution is 2.40. The summed E-state index contributed by atoms with van der Waals surface area (Å²) in [5, 5.41) is 0. The average molecular weight is 462 g/mol. The predicted molar refractivity (Wildman–Crippen MR) is 134 cm³/mol. The van der Waals surface area contributed by atoms with Gasteiger partial charge in [-0.1, -0.05) is 17.7 Å². The van der Waals surface area contributed by atoms with Gasteiger partial charge < -0.3 is 14.4 Å². The van der Waals surface area contributed by atoms with E-state index in [9.17, 15) is 9.59 Å². The summed E-state index contributed by atoms with van der Waals surface area (Å²) >= 11 is 0. The molecule has 1 aromatic heterocycles. The van der Waals surface area contributed by atoms with Crippen LogP contribution in [0.5, 0.6) is 11.5 Å². The number of Topliss-reactive ketones (excluding diaryl/α,β-unsaturated/α-hetero) is 1. The molecule has 0 aliphatic carbocycles. The smallest absolute Gasteiger partial charge is 0.350 e. The summed E-state index contributed by atoms with van der Waals surface area (Å²) in [7, 11) is 3.21. The Morgan fingerprint density at radius 2 is 1.65 bits per heavy atom. The van der Waals surface area contributed by atoms with E-state index in [1.807, 2.05) is 50.8 Å². The minimum atomic E-state index is -0.497. The van der Waals surface area contributed by atoms with Gasteiger partial charge in [-0.2, -0.15) is 4.98 Å². The van der Waals surface area contributed by atoms with Crippen molar-refractivity contribution in [2.24, 2.45) is 0 Å². The lowest BCUT2D eigenvalue weighted by molar-refractivity contribution is -0.117. The minimum absolute atomic E-state index is 0.00852. The summed E-state index contributed by atoms with van der Waals surface area (Å²) in [5.74, 6) is 1.70. The second-order valence-corrected chi connectivity index (χ2v) is 8.95. The molecule has 2 aromatic carbocycles. The van der Waals surface area contributed by atoms with Gasteiger partial charge in [0.05, 0.1) is 26.0 Å². The first-order valence-corrected chi connectivity index (χ1v) is 11.4. The summed E-state index contributed by atoms with van der Waals surface area (Å²) in [5.41, 5.74) is 6.47. The fraction of sp³-hybridized carbons (Fsp3) is 0.370. The molecule has 0 spiro atoms. The molecule has 0 amide bonds.